The van der Waals surface area contributed by atoms with Crippen molar-refractivity contribution < 1.29 is 33.3 Å². The fraction of sp³-hybridized carbons (Fsp3) is 0.273. The summed E-state index contributed by atoms with van der Waals surface area (Å²) in [4.78, 5) is 28.4. The first-order valence-electron chi connectivity index (χ1n) is 13.5. The zero-order valence-corrected chi connectivity index (χ0v) is 23.8. The van der Waals surface area contributed by atoms with Crippen molar-refractivity contribution in [1.82, 2.24) is 4.90 Å². The van der Waals surface area contributed by atoms with Crippen LogP contribution in [0.15, 0.2) is 96.3 Å². The summed E-state index contributed by atoms with van der Waals surface area (Å²) in [6.45, 7) is 4.62. The van der Waals surface area contributed by atoms with Crippen molar-refractivity contribution in [3.05, 3.63) is 113 Å². The first kappa shape index (κ1) is 29.3. The van der Waals surface area contributed by atoms with E-state index in [0.29, 0.717) is 47.1 Å². The zero-order valence-electron chi connectivity index (χ0n) is 23.8. The molecule has 4 rings (SSSR count). The molecule has 1 heterocycles. The van der Waals surface area contributed by atoms with Crippen LogP contribution in [0, 0.1) is 0 Å². The molecule has 3 aromatic carbocycles. The molecule has 0 aliphatic carbocycles. The van der Waals surface area contributed by atoms with Crippen LogP contribution in [0.3, 0.4) is 0 Å². The van der Waals surface area contributed by atoms with Crippen LogP contribution in [0.4, 0.5) is 0 Å². The van der Waals surface area contributed by atoms with Crippen molar-refractivity contribution in [2.75, 3.05) is 27.4 Å². The molecule has 41 heavy (non-hydrogen) atoms. The first-order chi connectivity index (χ1) is 20.0. The summed E-state index contributed by atoms with van der Waals surface area (Å²) >= 11 is 0. The van der Waals surface area contributed by atoms with Gasteiger partial charge >= 0.3 is 11.9 Å². The molecule has 0 radical (unpaired) electrons. The Bertz CT molecular complexity index is 1380. The van der Waals surface area contributed by atoms with Crippen molar-refractivity contribution in [1.29, 1.82) is 0 Å². The SMILES string of the molecule is CCOC(=O)C1=CN(Cc2ccc(OC)c(OC)c2)C=C(C(=O)OCC)C1c1cccc(OCc2ccccc2)c1. The number of ether oxygens (including phenoxy) is 5. The summed E-state index contributed by atoms with van der Waals surface area (Å²) < 4.78 is 27.7. The third kappa shape index (κ3) is 7.28. The lowest BCUT2D eigenvalue weighted by atomic mass is 9.83. The highest BCUT2D eigenvalue weighted by Crippen LogP contribution is 2.39. The summed E-state index contributed by atoms with van der Waals surface area (Å²) in [5.74, 6) is 0.0624. The third-order valence-corrected chi connectivity index (χ3v) is 6.51. The Hall–Kier alpha value is -4.72. The van der Waals surface area contributed by atoms with Gasteiger partial charge in [0.05, 0.1) is 44.5 Å². The molecule has 0 aromatic heterocycles. The number of methoxy groups -OCH3 is 2. The molecule has 0 unspecified atom stereocenters. The number of hydrogen-bond acceptors (Lipinski definition) is 8. The normalized spacial score (nSPS) is 13.1. The number of hydrogen-bond donors (Lipinski definition) is 0. The van der Waals surface area contributed by atoms with Gasteiger partial charge < -0.3 is 28.6 Å². The van der Waals surface area contributed by atoms with E-state index in [-0.39, 0.29) is 13.2 Å². The fourth-order valence-electron chi connectivity index (χ4n) is 4.65. The van der Waals surface area contributed by atoms with Gasteiger partial charge in [-0.25, -0.2) is 9.59 Å². The Kier molecular flexibility index (Phi) is 10.0. The van der Waals surface area contributed by atoms with Crippen molar-refractivity contribution in [2.24, 2.45) is 0 Å². The molecule has 0 saturated carbocycles. The van der Waals surface area contributed by atoms with Crippen LogP contribution in [-0.2, 0) is 32.2 Å². The van der Waals surface area contributed by atoms with Gasteiger partial charge in [-0.2, -0.15) is 0 Å². The van der Waals surface area contributed by atoms with Gasteiger partial charge in [0, 0.05) is 18.9 Å². The lowest BCUT2D eigenvalue weighted by molar-refractivity contribution is -0.139. The van der Waals surface area contributed by atoms with Gasteiger partial charge in [0.1, 0.15) is 12.4 Å². The minimum absolute atomic E-state index is 0.192. The Morgan fingerprint density at radius 2 is 1.39 bits per heavy atom. The molecule has 0 bridgehead atoms. The summed E-state index contributed by atoms with van der Waals surface area (Å²) in [6.07, 6.45) is 3.44. The van der Waals surface area contributed by atoms with E-state index in [1.165, 1.54) is 0 Å². The van der Waals surface area contributed by atoms with Gasteiger partial charge in [0.15, 0.2) is 11.5 Å². The Labute approximate surface area is 240 Å². The van der Waals surface area contributed by atoms with E-state index in [0.717, 1.165) is 11.1 Å². The van der Waals surface area contributed by atoms with E-state index in [9.17, 15) is 9.59 Å². The fourth-order valence-corrected chi connectivity index (χ4v) is 4.65. The summed E-state index contributed by atoms with van der Waals surface area (Å²) in [7, 11) is 3.15. The van der Waals surface area contributed by atoms with E-state index < -0.39 is 17.9 Å². The summed E-state index contributed by atoms with van der Waals surface area (Å²) in [5.41, 5.74) is 3.26. The van der Waals surface area contributed by atoms with Crippen molar-refractivity contribution in [2.45, 2.75) is 32.9 Å². The molecular weight excluding hydrogens is 522 g/mol. The van der Waals surface area contributed by atoms with Gasteiger partial charge in [0.25, 0.3) is 0 Å². The van der Waals surface area contributed by atoms with Crippen molar-refractivity contribution in [3.8, 4) is 17.2 Å². The largest absolute Gasteiger partial charge is 0.493 e. The maximum Gasteiger partial charge on any atom is 0.336 e. The average molecular weight is 558 g/mol. The molecule has 0 amide bonds. The van der Waals surface area contributed by atoms with Crippen molar-refractivity contribution >= 4 is 11.9 Å². The second-order valence-electron chi connectivity index (χ2n) is 9.25. The van der Waals surface area contributed by atoms with E-state index in [1.807, 2.05) is 72.8 Å². The lowest BCUT2D eigenvalue weighted by Crippen LogP contribution is -2.29. The molecule has 0 atom stereocenters. The number of benzene rings is 3. The molecule has 1 aliphatic heterocycles. The van der Waals surface area contributed by atoms with E-state index in [4.69, 9.17) is 23.7 Å². The van der Waals surface area contributed by atoms with Crippen LogP contribution in [0.25, 0.3) is 0 Å². The monoisotopic (exact) mass is 557 g/mol. The van der Waals surface area contributed by atoms with Crippen LogP contribution in [-0.4, -0.2) is 44.3 Å². The van der Waals surface area contributed by atoms with Gasteiger partial charge in [-0.15, -0.1) is 0 Å². The second kappa shape index (κ2) is 14.1. The number of carbonyl (C=O) groups excluding carboxylic acids is 2. The maximum absolute atomic E-state index is 13.3. The van der Waals surface area contributed by atoms with Crippen LogP contribution in [0.2, 0.25) is 0 Å². The van der Waals surface area contributed by atoms with E-state index in [2.05, 4.69) is 0 Å². The minimum atomic E-state index is -0.713. The number of carbonyl (C=O) groups is 2. The van der Waals surface area contributed by atoms with Crippen molar-refractivity contribution in [3.63, 3.8) is 0 Å². The number of esters is 2. The molecule has 1 aliphatic rings. The average Bonchev–Trinajstić information content (AvgIpc) is 3.00. The molecule has 0 spiro atoms. The molecule has 0 N–H and O–H groups in total. The highest BCUT2D eigenvalue weighted by atomic mass is 16.5. The lowest BCUT2D eigenvalue weighted by Gasteiger charge is -2.30. The first-order valence-corrected chi connectivity index (χ1v) is 13.5. The smallest absolute Gasteiger partial charge is 0.336 e. The number of nitrogens with zero attached hydrogens (tertiary/aromatic N) is 1. The van der Waals surface area contributed by atoms with E-state index >= 15 is 0 Å². The topological polar surface area (TPSA) is 83.5 Å². The molecule has 0 fully saturated rings. The van der Waals surface area contributed by atoms with Gasteiger partial charge in [-0.05, 0) is 54.8 Å². The second-order valence-corrected chi connectivity index (χ2v) is 9.25. The predicted octanol–water partition coefficient (Wildman–Crippen LogP) is 5.78. The standard InChI is InChI=1S/C33H35NO7/c1-5-39-32(35)27-20-34(19-24-15-16-29(37-3)30(17-24)38-4)21-28(33(36)40-6-2)31(27)25-13-10-14-26(18-25)41-22-23-11-8-7-9-12-23/h7-18,20-21,31H,5-6,19,22H2,1-4H3. The molecule has 3 aromatic rings. The predicted molar refractivity (Wildman–Crippen MR) is 154 cm³/mol. The third-order valence-electron chi connectivity index (χ3n) is 6.51. The Morgan fingerprint density at radius 3 is 2.00 bits per heavy atom. The maximum atomic E-state index is 13.3. The summed E-state index contributed by atoms with van der Waals surface area (Å²) in [5, 5.41) is 0. The molecule has 8 nitrogen and oxygen atoms in total. The van der Waals surface area contributed by atoms with Gasteiger partial charge in [0.2, 0.25) is 0 Å². The van der Waals surface area contributed by atoms with Gasteiger partial charge in [-0.3, -0.25) is 0 Å². The Balaban J connectivity index is 1.71. The Morgan fingerprint density at radius 1 is 0.732 bits per heavy atom. The highest BCUT2D eigenvalue weighted by Gasteiger charge is 2.36. The van der Waals surface area contributed by atoms with Crippen LogP contribution < -0.4 is 14.2 Å². The van der Waals surface area contributed by atoms with Gasteiger partial charge in [-0.1, -0.05) is 48.5 Å². The zero-order chi connectivity index (χ0) is 29.2. The molecule has 8 heteroatoms. The van der Waals surface area contributed by atoms with E-state index in [1.54, 1.807) is 45.4 Å². The van der Waals surface area contributed by atoms with Crippen LogP contribution >= 0.6 is 0 Å². The highest BCUT2D eigenvalue weighted by molar-refractivity contribution is 5.98. The summed E-state index contributed by atoms with van der Waals surface area (Å²) in [6, 6.07) is 22.8. The molecule has 214 valence electrons. The quantitative estimate of drug-likeness (QED) is 0.259. The number of rotatable bonds is 12. The molecular formula is C33H35NO7. The minimum Gasteiger partial charge on any atom is -0.493 e. The van der Waals surface area contributed by atoms with Crippen LogP contribution in [0.5, 0.6) is 17.2 Å². The van der Waals surface area contributed by atoms with Crippen LogP contribution in [0.1, 0.15) is 36.5 Å². The molecule has 0 saturated heterocycles.